The van der Waals surface area contributed by atoms with Crippen molar-refractivity contribution in [3.05, 3.63) is 84.2 Å². The van der Waals surface area contributed by atoms with Gasteiger partial charge in [0.25, 0.3) is 0 Å². The average molecular weight is 817 g/mol. The van der Waals surface area contributed by atoms with Crippen LogP contribution in [0.4, 0.5) is 25.2 Å². The number of halogens is 6. The molecule has 2 aromatic carbocycles. The Hall–Kier alpha value is -2.87. The van der Waals surface area contributed by atoms with Crippen molar-refractivity contribution in [2.45, 2.75) is 77.0 Å². The Bertz CT molecular complexity index is 1820. The third kappa shape index (κ3) is 10.3. The number of rotatable bonds is 6. The van der Waals surface area contributed by atoms with Crippen LogP contribution in [0.15, 0.2) is 82.8 Å². The second kappa shape index (κ2) is 14.3. The van der Waals surface area contributed by atoms with Gasteiger partial charge in [0, 0.05) is 36.3 Å². The van der Waals surface area contributed by atoms with E-state index < -0.39 is 7.81 Å². The second-order valence-corrected chi connectivity index (χ2v) is 19.5. The van der Waals surface area contributed by atoms with Gasteiger partial charge in [0.05, 0.1) is 22.4 Å². The summed E-state index contributed by atoms with van der Waals surface area (Å²) in [5.74, 6) is 6.06. The maximum absolute atomic E-state index is 10.7. The quantitative estimate of drug-likeness (QED) is 0.0842. The SMILES string of the molecule is C(=NCC12CC3CC(CC(C3)C1)C2)c1ccc2ccccc2n1.C(=NCC12CC3CC(CC(C3)C1)C2)c1ccc2ccccc2n1.F[P-](F)(F)(F)(F)F.[Cu+]. The maximum Gasteiger partial charge on any atom is 1.00 e. The van der Waals surface area contributed by atoms with Crippen LogP contribution >= 0.6 is 7.81 Å². The standard InChI is InChI=1S/2C21H24N2.Cu.F6P/c2*1-2-4-20-18(3-1)5-6-19(23-20)13-22-14-21-10-15-7-16(11-21)9-17(8-15)12-21;;1-7(2,3,4,5)6/h2*1-6,13,15-17H,7-12,14H2;;/q;;+1;-1. The van der Waals surface area contributed by atoms with Crippen LogP contribution in [0.2, 0.25) is 0 Å². The number of aromatic nitrogens is 2. The minimum Gasteiger partial charge on any atom is 1.00 e. The number of hydrogen-bond donors (Lipinski definition) is 0. The minimum absolute atomic E-state index is 0. The molecule has 2 heterocycles. The zero-order valence-corrected chi connectivity index (χ0v) is 32.1. The predicted molar refractivity (Wildman–Crippen MR) is 203 cm³/mol. The Morgan fingerprint density at radius 1 is 0.500 bits per heavy atom. The Morgan fingerprint density at radius 3 is 1.11 bits per heavy atom. The Labute approximate surface area is 323 Å². The summed E-state index contributed by atoms with van der Waals surface area (Å²) in [4.78, 5) is 19.1. The normalized spacial score (nSPS) is 33.1. The average Bonchev–Trinajstić information content (AvgIpc) is 3.06. The summed E-state index contributed by atoms with van der Waals surface area (Å²) in [7, 11) is -10.7. The predicted octanol–water partition coefficient (Wildman–Crippen LogP) is 13.1. The topological polar surface area (TPSA) is 50.5 Å². The zero-order chi connectivity index (χ0) is 37.0. The van der Waals surface area contributed by atoms with Gasteiger partial charge in [0.1, 0.15) is 0 Å². The maximum atomic E-state index is 9.87. The van der Waals surface area contributed by atoms with Gasteiger partial charge < -0.3 is 0 Å². The van der Waals surface area contributed by atoms with E-state index in [1.807, 2.05) is 24.6 Å². The molecular formula is C42H48CuF6N4P. The first-order valence-electron chi connectivity index (χ1n) is 19.3. The van der Waals surface area contributed by atoms with Gasteiger partial charge in [-0.3, -0.25) is 9.98 Å². The van der Waals surface area contributed by atoms with Gasteiger partial charge in [-0.05, 0) is 148 Å². The van der Waals surface area contributed by atoms with E-state index in [0.29, 0.717) is 10.8 Å². The van der Waals surface area contributed by atoms with Crippen molar-refractivity contribution in [2.75, 3.05) is 13.1 Å². The van der Waals surface area contributed by atoms with E-state index in [0.717, 1.165) is 71.0 Å². The molecule has 4 aromatic rings. The van der Waals surface area contributed by atoms with Crippen LogP contribution in [0.25, 0.3) is 21.8 Å². The molecule has 0 spiro atoms. The molecule has 0 N–H and O–H groups in total. The fourth-order valence-electron chi connectivity index (χ4n) is 11.9. The van der Waals surface area contributed by atoms with Crippen LogP contribution in [-0.2, 0) is 17.1 Å². The summed E-state index contributed by atoms with van der Waals surface area (Å²) in [6, 6.07) is 25.1. The first kappa shape index (κ1) is 39.4. The molecule has 8 aliphatic carbocycles. The number of nitrogens with zero attached hydrogens (tertiary/aromatic N) is 4. The number of para-hydroxylation sites is 2. The monoisotopic (exact) mass is 816 g/mol. The molecule has 8 bridgehead atoms. The van der Waals surface area contributed by atoms with E-state index in [1.54, 1.807) is 0 Å². The van der Waals surface area contributed by atoms with Crippen molar-refractivity contribution in [3.8, 4) is 0 Å². The van der Waals surface area contributed by atoms with Crippen molar-refractivity contribution in [3.63, 3.8) is 0 Å². The summed E-state index contributed by atoms with van der Waals surface area (Å²) < 4.78 is 59.2. The molecule has 0 unspecified atom stereocenters. The largest absolute Gasteiger partial charge is 1.00 e. The molecule has 8 saturated carbocycles. The number of aliphatic imine (C=N–C) groups is 2. The van der Waals surface area contributed by atoms with Crippen LogP contribution in [0.5, 0.6) is 0 Å². The van der Waals surface area contributed by atoms with E-state index in [1.165, 1.54) is 87.8 Å². The van der Waals surface area contributed by atoms with Crippen molar-refractivity contribution in [2.24, 2.45) is 56.3 Å². The van der Waals surface area contributed by atoms with E-state index in [9.17, 15) is 25.2 Å². The summed E-state index contributed by atoms with van der Waals surface area (Å²) in [5, 5.41) is 2.40. The van der Waals surface area contributed by atoms with E-state index in [-0.39, 0.29) is 17.1 Å². The molecule has 294 valence electrons. The van der Waals surface area contributed by atoms with Crippen molar-refractivity contribution >= 4 is 42.0 Å². The fraction of sp³-hybridized carbons (Fsp3) is 0.524. The number of pyridine rings is 2. The molecule has 0 aliphatic heterocycles. The van der Waals surface area contributed by atoms with Gasteiger partial charge in [0.15, 0.2) is 0 Å². The van der Waals surface area contributed by atoms with E-state index in [4.69, 9.17) is 20.0 Å². The molecule has 0 radical (unpaired) electrons. The van der Waals surface area contributed by atoms with Crippen molar-refractivity contribution in [1.29, 1.82) is 0 Å². The van der Waals surface area contributed by atoms with Crippen molar-refractivity contribution in [1.82, 2.24) is 9.97 Å². The van der Waals surface area contributed by atoms with Crippen LogP contribution in [-0.4, -0.2) is 35.5 Å². The van der Waals surface area contributed by atoms with Gasteiger partial charge in [-0.1, -0.05) is 48.5 Å². The molecule has 12 heteroatoms. The second-order valence-electron chi connectivity index (χ2n) is 17.6. The van der Waals surface area contributed by atoms with Gasteiger partial charge in [-0.25, -0.2) is 9.97 Å². The fourth-order valence-corrected chi connectivity index (χ4v) is 11.9. The molecule has 0 atom stereocenters. The first-order valence-corrected chi connectivity index (χ1v) is 21.3. The van der Waals surface area contributed by atoms with E-state index in [2.05, 4.69) is 60.7 Å². The molecule has 0 amide bonds. The molecule has 0 saturated heterocycles. The molecule has 2 aromatic heterocycles. The van der Waals surface area contributed by atoms with Gasteiger partial charge in [-0.15, -0.1) is 0 Å². The molecule has 8 aliphatic rings. The van der Waals surface area contributed by atoms with Crippen LogP contribution < -0.4 is 0 Å². The summed E-state index contributed by atoms with van der Waals surface area (Å²) in [6.45, 7) is 2.04. The van der Waals surface area contributed by atoms with Crippen LogP contribution in [0, 0.1) is 46.3 Å². The molecule has 12 rings (SSSR count). The zero-order valence-electron chi connectivity index (χ0n) is 30.3. The minimum atomic E-state index is -10.7. The van der Waals surface area contributed by atoms with Crippen LogP contribution in [0.3, 0.4) is 0 Å². The third-order valence-electron chi connectivity index (χ3n) is 12.9. The van der Waals surface area contributed by atoms with Crippen molar-refractivity contribution < 1.29 is 42.3 Å². The summed E-state index contributed by atoms with van der Waals surface area (Å²) in [6.07, 6.45) is 21.7. The Morgan fingerprint density at radius 2 is 0.796 bits per heavy atom. The van der Waals surface area contributed by atoms with E-state index >= 15 is 0 Å². The smallest absolute Gasteiger partial charge is 1.00 e. The van der Waals surface area contributed by atoms with Crippen LogP contribution in [0.1, 0.15) is 88.4 Å². The third-order valence-corrected chi connectivity index (χ3v) is 12.9. The number of fused-ring (bicyclic) bond motifs is 2. The van der Waals surface area contributed by atoms with Gasteiger partial charge in [0.2, 0.25) is 0 Å². The Kier molecular flexibility index (Phi) is 10.4. The number of benzene rings is 2. The molecular weight excluding hydrogens is 769 g/mol. The van der Waals surface area contributed by atoms with Gasteiger partial charge in [-0.2, -0.15) is 0 Å². The number of hydrogen-bond acceptors (Lipinski definition) is 4. The summed E-state index contributed by atoms with van der Waals surface area (Å²) >= 11 is 0. The summed E-state index contributed by atoms with van der Waals surface area (Å²) in [5.41, 5.74) is 5.17. The first-order chi connectivity index (χ1) is 25.0. The van der Waals surface area contributed by atoms with Gasteiger partial charge >= 0.3 is 50.1 Å². The Balaban J connectivity index is 0.000000140. The molecule has 4 nitrogen and oxygen atoms in total. The molecule has 54 heavy (non-hydrogen) atoms. The molecule has 8 fully saturated rings.